The normalized spacial score (nSPS) is 5.44. The fourth-order valence-corrected chi connectivity index (χ4v) is 0.192. The van der Waals surface area contributed by atoms with Crippen molar-refractivity contribution in [2.24, 2.45) is 0 Å². The van der Waals surface area contributed by atoms with E-state index in [4.69, 9.17) is 5.11 Å². The summed E-state index contributed by atoms with van der Waals surface area (Å²) in [5.74, 6) is 0. The second-order valence-electron chi connectivity index (χ2n) is 0.996. The third-order valence-electron chi connectivity index (χ3n) is 0.462. The molecule has 0 aliphatic carbocycles. The van der Waals surface area contributed by atoms with Crippen molar-refractivity contribution in [3.05, 3.63) is 31.4 Å². The Morgan fingerprint density at radius 2 is 1.89 bits per heavy atom. The smallest absolute Gasteiger partial charge is 0 e. The monoisotopic (exact) mass is 223 g/mol. The van der Waals surface area contributed by atoms with Crippen LogP contribution in [-0.2, 0) is 20.4 Å². The molecule has 9 heavy (non-hydrogen) atoms. The third-order valence-corrected chi connectivity index (χ3v) is 0.462. The van der Waals surface area contributed by atoms with Crippen LogP contribution in [0, 0.1) is 6.42 Å². The second kappa shape index (κ2) is 24.0. The van der Waals surface area contributed by atoms with Gasteiger partial charge < -0.3 is 17.4 Å². The van der Waals surface area contributed by atoms with Gasteiger partial charge in [0, 0.05) is 20.4 Å². The van der Waals surface area contributed by atoms with Crippen molar-refractivity contribution in [2.75, 3.05) is 6.61 Å². The van der Waals surface area contributed by atoms with Crippen LogP contribution in [0.4, 0.5) is 0 Å². The first-order valence-electron chi connectivity index (χ1n) is 1.95. The molecule has 0 aromatic carbocycles. The van der Waals surface area contributed by atoms with Crippen molar-refractivity contribution in [2.45, 2.75) is 6.42 Å². The first-order chi connectivity index (χ1) is 2.91. The van der Waals surface area contributed by atoms with Gasteiger partial charge in [-0.05, 0) is 0 Å². The van der Waals surface area contributed by atoms with Crippen LogP contribution in [0.3, 0.4) is 0 Å². The van der Waals surface area contributed by atoms with Gasteiger partial charge in [0.25, 0.3) is 0 Å². The van der Waals surface area contributed by atoms with E-state index in [0.717, 1.165) is 6.42 Å². The maximum Gasteiger partial charge on any atom is 0 e. The number of aliphatic hydroxyl groups is 1. The van der Waals surface area contributed by atoms with Crippen LogP contribution in [0.2, 0.25) is 0 Å². The van der Waals surface area contributed by atoms with E-state index < -0.39 is 0 Å². The van der Waals surface area contributed by atoms with E-state index in [1.165, 1.54) is 0 Å². The number of hydrogen-bond donors (Lipinski definition) is 1. The number of aliphatic hydroxyl groups excluding tert-OH is 1. The number of allylic oxidation sites excluding steroid dienone is 1. The fourth-order valence-electron chi connectivity index (χ4n) is 0.192. The molecule has 0 aromatic rings. The van der Waals surface area contributed by atoms with Crippen molar-refractivity contribution in [1.29, 1.82) is 0 Å². The maximum atomic E-state index is 8.09. The van der Waals surface area contributed by atoms with Crippen molar-refractivity contribution in [3.63, 3.8) is 0 Å². The molecule has 4 heteroatoms. The van der Waals surface area contributed by atoms with E-state index in [0.29, 0.717) is 0 Å². The molecular formula is C5H13N2OPd-3. The van der Waals surface area contributed by atoms with Gasteiger partial charge in [0.15, 0.2) is 0 Å². The summed E-state index contributed by atoms with van der Waals surface area (Å²) in [5, 5.41) is 8.09. The number of nitrogens with two attached hydrogens (primary N) is 2. The quantitative estimate of drug-likeness (QED) is 0.338. The second-order valence-corrected chi connectivity index (χ2v) is 0.996. The van der Waals surface area contributed by atoms with Crippen LogP contribution in [0.1, 0.15) is 6.42 Å². The molecule has 0 aliphatic heterocycles. The molecule has 0 aliphatic rings. The minimum absolute atomic E-state index is 0. The van der Waals surface area contributed by atoms with Crippen LogP contribution >= 0.6 is 0 Å². The summed E-state index contributed by atoms with van der Waals surface area (Å²) in [7, 11) is 0. The van der Waals surface area contributed by atoms with Crippen LogP contribution in [0.15, 0.2) is 12.7 Å². The topological polar surface area (TPSA) is 87.2 Å². The zero-order valence-electron chi connectivity index (χ0n) is 5.19. The molecule has 0 spiro atoms. The van der Waals surface area contributed by atoms with E-state index in [1.54, 1.807) is 12.5 Å². The number of hydrogen-bond acceptors (Lipinski definition) is 1. The number of rotatable bonds is 3. The molecule has 0 unspecified atom stereocenters. The maximum absolute atomic E-state index is 8.09. The SMILES string of the molecule is C=CC[CH-]CO.[NH2-].[NH2-].[Pd]. The molecule has 0 radical (unpaired) electrons. The van der Waals surface area contributed by atoms with Crippen molar-refractivity contribution in [1.82, 2.24) is 0 Å². The Balaban J connectivity index is -0.0000000417. The molecule has 0 saturated heterocycles. The Labute approximate surface area is 70.4 Å². The first-order valence-corrected chi connectivity index (χ1v) is 1.95. The minimum Gasteiger partial charge on any atom is -0.693 e. The Bertz CT molecular complexity index is 43.9. The Hall–Kier alpha value is 0.282. The van der Waals surface area contributed by atoms with Gasteiger partial charge in [0.05, 0.1) is 0 Å². The first kappa shape index (κ1) is 22.8. The van der Waals surface area contributed by atoms with Gasteiger partial charge >= 0.3 is 0 Å². The van der Waals surface area contributed by atoms with E-state index in [1.807, 2.05) is 0 Å². The summed E-state index contributed by atoms with van der Waals surface area (Å²) in [5.41, 5.74) is 0. The third kappa shape index (κ3) is 30.3. The zero-order chi connectivity index (χ0) is 4.83. The summed E-state index contributed by atoms with van der Waals surface area (Å²) < 4.78 is 0. The summed E-state index contributed by atoms with van der Waals surface area (Å²) in [4.78, 5) is 0. The molecule has 0 atom stereocenters. The van der Waals surface area contributed by atoms with Gasteiger partial charge in [0.1, 0.15) is 0 Å². The fraction of sp³-hybridized carbons (Fsp3) is 0.400. The molecular weight excluding hydrogens is 210 g/mol. The van der Waals surface area contributed by atoms with Gasteiger partial charge in [-0.15, -0.1) is 12.7 Å². The molecule has 0 aromatic heterocycles. The van der Waals surface area contributed by atoms with Gasteiger partial charge in [-0.3, -0.25) is 6.42 Å². The minimum atomic E-state index is 0. The number of unbranched alkanes of at least 4 members (excludes halogenated alkanes) is 1. The average molecular weight is 224 g/mol. The Kier molecular flexibility index (Phi) is 60.7. The van der Waals surface area contributed by atoms with Crippen LogP contribution in [0.25, 0.3) is 12.3 Å². The zero-order valence-corrected chi connectivity index (χ0v) is 6.75. The molecule has 62 valence electrons. The standard InChI is InChI=1S/C5H9O.2H2N.Pd/c1-2-3-4-5-6;;;/h2,4,6H,1,3,5H2;2*1H2;/q3*-1;. The van der Waals surface area contributed by atoms with Crippen LogP contribution in [0.5, 0.6) is 0 Å². The van der Waals surface area contributed by atoms with Crippen LogP contribution < -0.4 is 0 Å². The molecule has 0 bridgehead atoms. The van der Waals surface area contributed by atoms with Crippen molar-refractivity contribution in [3.8, 4) is 0 Å². The predicted molar refractivity (Wildman–Crippen MR) is 36.8 cm³/mol. The molecule has 0 rings (SSSR count). The van der Waals surface area contributed by atoms with Gasteiger partial charge in [-0.2, -0.15) is 6.42 Å². The van der Waals surface area contributed by atoms with Gasteiger partial charge in [-0.1, -0.05) is 6.61 Å². The van der Waals surface area contributed by atoms with E-state index >= 15 is 0 Å². The van der Waals surface area contributed by atoms with Gasteiger partial charge in [-0.25, -0.2) is 0 Å². The molecule has 0 heterocycles. The molecule has 0 amide bonds. The average Bonchev–Trinajstić information content (AvgIpc) is 1.61. The summed E-state index contributed by atoms with van der Waals surface area (Å²) in [6.45, 7) is 3.61. The largest absolute Gasteiger partial charge is 0.693 e. The summed E-state index contributed by atoms with van der Waals surface area (Å²) in [6.07, 6.45) is 4.29. The van der Waals surface area contributed by atoms with E-state index in [2.05, 4.69) is 6.58 Å². The molecule has 0 saturated carbocycles. The summed E-state index contributed by atoms with van der Waals surface area (Å²) in [6, 6.07) is 0. The van der Waals surface area contributed by atoms with Crippen molar-refractivity contribution < 1.29 is 25.5 Å². The molecule has 5 N–H and O–H groups in total. The molecule has 0 fully saturated rings. The van der Waals surface area contributed by atoms with Crippen molar-refractivity contribution >= 4 is 0 Å². The predicted octanol–water partition coefficient (Wildman–Crippen LogP) is 2.19. The van der Waals surface area contributed by atoms with E-state index in [-0.39, 0.29) is 39.3 Å². The Morgan fingerprint density at radius 3 is 2.00 bits per heavy atom. The van der Waals surface area contributed by atoms with E-state index in [9.17, 15) is 0 Å². The van der Waals surface area contributed by atoms with Gasteiger partial charge in [0.2, 0.25) is 0 Å². The molecule has 3 nitrogen and oxygen atoms in total. The Morgan fingerprint density at radius 1 is 1.44 bits per heavy atom. The van der Waals surface area contributed by atoms with Crippen LogP contribution in [-0.4, -0.2) is 11.7 Å². The summed E-state index contributed by atoms with van der Waals surface area (Å²) >= 11 is 0.